The Bertz CT molecular complexity index is 233. The molecule has 0 aromatic carbocycles. The number of hydrogen-bond acceptors (Lipinski definition) is 2. The molecule has 0 radical (unpaired) electrons. The largest absolute Gasteiger partial charge is 0.311 e. The fourth-order valence-electron chi connectivity index (χ4n) is 3.83. The Morgan fingerprint density at radius 2 is 1.83 bits per heavy atom. The zero-order chi connectivity index (χ0) is 13.0. The summed E-state index contributed by atoms with van der Waals surface area (Å²) in [6, 6.07) is 2.42. The summed E-state index contributed by atoms with van der Waals surface area (Å²) in [7, 11) is 0. The molecule has 2 nitrogen and oxygen atoms in total. The Morgan fingerprint density at radius 1 is 1.11 bits per heavy atom. The molecule has 0 bridgehead atoms. The van der Waals surface area contributed by atoms with Crippen LogP contribution in [0.2, 0.25) is 0 Å². The van der Waals surface area contributed by atoms with Crippen molar-refractivity contribution in [2.45, 2.75) is 83.8 Å². The topological polar surface area (TPSA) is 15.3 Å². The second kappa shape index (κ2) is 6.91. The van der Waals surface area contributed by atoms with E-state index in [9.17, 15) is 0 Å². The first-order valence-corrected chi connectivity index (χ1v) is 8.23. The first-order valence-electron chi connectivity index (χ1n) is 8.23. The van der Waals surface area contributed by atoms with E-state index in [4.69, 9.17) is 0 Å². The molecular weight excluding hydrogens is 220 g/mol. The molecule has 0 spiro atoms. The molecule has 1 saturated carbocycles. The molecule has 2 aliphatic rings. The van der Waals surface area contributed by atoms with E-state index in [1.165, 1.54) is 58.0 Å². The van der Waals surface area contributed by atoms with Crippen molar-refractivity contribution in [3.63, 3.8) is 0 Å². The molecule has 0 amide bonds. The Hall–Kier alpha value is -0.0800. The van der Waals surface area contributed by atoms with Gasteiger partial charge in [-0.2, -0.15) is 0 Å². The summed E-state index contributed by atoms with van der Waals surface area (Å²) in [6.45, 7) is 9.59. The molecular formula is C16H32N2. The molecule has 2 unspecified atom stereocenters. The Kier molecular flexibility index (Phi) is 5.50. The van der Waals surface area contributed by atoms with E-state index in [-0.39, 0.29) is 0 Å². The predicted octanol–water partition coefficient (Wildman–Crippen LogP) is 3.42. The molecule has 2 heteroatoms. The zero-order valence-electron chi connectivity index (χ0n) is 12.6. The normalized spacial score (nSPS) is 38.8. The smallest absolute Gasteiger partial charge is 0.0221 e. The van der Waals surface area contributed by atoms with Gasteiger partial charge in [0.05, 0.1) is 0 Å². The van der Waals surface area contributed by atoms with E-state index in [2.05, 4.69) is 31.0 Å². The lowest BCUT2D eigenvalue weighted by atomic mass is 9.85. The SMILES string of the molecule is CCCC1CN(C2CCC(C)CC2)C(CC)CN1. The van der Waals surface area contributed by atoms with Crippen molar-refractivity contribution < 1.29 is 0 Å². The van der Waals surface area contributed by atoms with E-state index >= 15 is 0 Å². The van der Waals surface area contributed by atoms with E-state index in [0.717, 1.165) is 24.0 Å². The van der Waals surface area contributed by atoms with E-state index in [1.54, 1.807) is 0 Å². The van der Waals surface area contributed by atoms with E-state index in [1.807, 2.05) is 0 Å². The number of rotatable bonds is 4. The molecule has 0 aromatic heterocycles. The summed E-state index contributed by atoms with van der Waals surface area (Å²) in [6.07, 6.45) is 9.73. The second-order valence-corrected chi connectivity index (χ2v) is 6.57. The summed E-state index contributed by atoms with van der Waals surface area (Å²) in [5.74, 6) is 0.968. The third-order valence-corrected chi connectivity index (χ3v) is 5.11. The summed E-state index contributed by atoms with van der Waals surface area (Å²) >= 11 is 0. The molecule has 1 aliphatic heterocycles. The lowest BCUT2D eigenvalue weighted by molar-refractivity contribution is 0.0507. The van der Waals surface area contributed by atoms with Crippen LogP contribution in [0.25, 0.3) is 0 Å². The van der Waals surface area contributed by atoms with Gasteiger partial charge in [-0.25, -0.2) is 0 Å². The highest BCUT2D eigenvalue weighted by molar-refractivity contribution is 4.90. The van der Waals surface area contributed by atoms with Crippen molar-refractivity contribution in [2.75, 3.05) is 13.1 Å². The average molecular weight is 252 g/mol. The summed E-state index contributed by atoms with van der Waals surface area (Å²) in [5, 5.41) is 3.76. The summed E-state index contributed by atoms with van der Waals surface area (Å²) in [4.78, 5) is 2.86. The monoisotopic (exact) mass is 252 g/mol. The van der Waals surface area contributed by atoms with Crippen molar-refractivity contribution in [3.05, 3.63) is 0 Å². The minimum absolute atomic E-state index is 0.747. The van der Waals surface area contributed by atoms with Crippen LogP contribution in [-0.2, 0) is 0 Å². The quantitative estimate of drug-likeness (QED) is 0.825. The van der Waals surface area contributed by atoms with Gasteiger partial charge in [0.15, 0.2) is 0 Å². The molecule has 1 aliphatic carbocycles. The molecule has 1 heterocycles. The molecule has 18 heavy (non-hydrogen) atoms. The number of piperazine rings is 1. The maximum Gasteiger partial charge on any atom is 0.0221 e. The van der Waals surface area contributed by atoms with Crippen molar-refractivity contribution >= 4 is 0 Å². The van der Waals surface area contributed by atoms with Crippen LogP contribution in [0.15, 0.2) is 0 Å². The molecule has 0 aromatic rings. The van der Waals surface area contributed by atoms with Crippen LogP contribution < -0.4 is 5.32 Å². The van der Waals surface area contributed by atoms with Crippen LogP contribution in [-0.4, -0.2) is 36.1 Å². The fraction of sp³-hybridized carbons (Fsp3) is 1.00. The van der Waals surface area contributed by atoms with Gasteiger partial charge in [-0.1, -0.05) is 27.2 Å². The Labute approximate surface area is 114 Å². The van der Waals surface area contributed by atoms with Gasteiger partial charge in [-0.3, -0.25) is 4.90 Å². The Balaban J connectivity index is 1.93. The van der Waals surface area contributed by atoms with Crippen molar-refractivity contribution in [1.82, 2.24) is 10.2 Å². The van der Waals surface area contributed by atoms with Crippen LogP contribution in [0.5, 0.6) is 0 Å². The van der Waals surface area contributed by atoms with Gasteiger partial charge in [0, 0.05) is 31.2 Å². The minimum atomic E-state index is 0.747. The first-order chi connectivity index (χ1) is 8.74. The van der Waals surface area contributed by atoms with Crippen LogP contribution in [0.1, 0.15) is 65.7 Å². The van der Waals surface area contributed by atoms with E-state index in [0.29, 0.717) is 0 Å². The van der Waals surface area contributed by atoms with Crippen molar-refractivity contribution in [3.8, 4) is 0 Å². The van der Waals surface area contributed by atoms with Gasteiger partial charge >= 0.3 is 0 Å². The highest BCUT2D eigenvalue weighted by atomic mass is 15.3. The molecule has 2 rings (SSSR count). The molecule has 2 fully saturated rings. The standard InChI is InChI=1S/C16H32N2/c1-4-6-14-12-18(15(5-2)11-17-14)16-9-7-13(3)8-10-16/h13-17H,4-12H2,1-3H3. The van der Waals surface area contributed by atoms with Gasteiger partial charge in [0.2, 0.25) is 0 Å². The van der Waals surface area contributed by atoms with Gasteiger partial charge in [-0.05, 0) is 44.4 Å². The zero-order valence-corrected chi connectivity index (χ0v) is 12.6. The number of nitrogens with zero attached hydrogens (tertiary/aromatic N) is 1. The van der Waals surface area contributed by atoms with Gasteiger partial charge in [0.1, 0.15) is 0 Å². The molecule has 1 saturated heterocycles. The van der Waals surface area contributed by atoms with Crippen LogP contribution in [0, 0.1) is 5.92 Å². The predicted molar refractivity (Wildman–Crippen MR) is 78.9 cm³/mol. The fourth-order valence-corrected chi connectivity index (χ4v) is 3.83. The lowest BCUT2D eigenvalue weighted by Crippen LogP contribution is -2.59. The summed E-state index contributed by atoms with van der Waals surface area (Å²) in [5.41, 5.74) is 0. The third-order valence-electron chi connectivity index (χ3n) is 5.11. The van der Waals surface area contributed by atoms with Gasteiger partial charge in [0.25, 0.3) is 0 Å². The Morgan fingerprint density at radius 3 is 2.44 bits per heavy atom. The van der Waals surface area contributed by atoms with Crippen LogP contribution in [0.4, 0.5) is 0 Å². The first kappa shape index (κ1) is 14.3. The average Bonchev–Trinajstić information content (AvgIpc) is 2.40. The maximum atomic E-state index is 3.76. The van der Waals surface area contributed by atoms with Gasteiger partial charge in [-0.15, -0.1) is 0 Å². The minimum Gasteiger partial charge on any atom is -0.311 e. The van der Waals surface area contributed by atoms with Crippen molar-refractivity contribution in [2.24, 2.45) is 5.92 Å². The molecule has 106 valence electrons. The van der Waals surface area contributed by atoms with E-state index < -0.39 is 0 Å². The lowest BCUT2D eigenvalue weighted by Gasteiger charge is -2.46. The number of nitrogens with one attached hydrogen (secondary N) is 1. The summed E-state index contributed by atoms with van der Waals surface area (Å²) < 4.78 is 0. The molecule has 2 atom stereocenters. The number of hydrogen-bond donors (Lipinski definition) is 1. The highest BCUT2D eigenvalue weighted by Gasteiger charge is 2.32. The second-order valence-electron chi connectivity index (χ2n) is 6.57. The maximum absolute atomic E-state index is 3.76. The van der Waals surface area contributed by atoms with Crippen LogP contribution in [0.3, 0.4) is 0 Å². The third kappa shape index (κ3) is 3.48. The molecule has 1 N–H and O–H groups in total. The highest BCUT2D eigenvalue weighted by Crippen LogP contribution is 2.30. The van der Waals surface area contributed by atoms with Crippen molar-refractivity contribution in [1.29, 1.82) is 0 Å². The van der Waals surface area contributed by atoms with Gasteiger partial charge < -0.3 is 5.32 Å². The van der Waals surface area contributed by atoms with Crippen LogP contribution >= 0.6 is 0 Å².